The second kappa shape index (κ2) is 8.13. The standard InChI is InChI=1S/C29H27NO3/c1-4-33-19(3)29(28(32)23-10-9-20-7-5-6-8-22(20)15-23)14-13-27-25(17-29)24-16-21(18(2)31)11-12-26(24)30-27/h5-16,19,30H,4,17H2,1-3H3. The first-order chi connectivity index (χ1) is 15.9. The number of ether oxygens (including phenoxy) is 1. The molecule has 0 amide bonds. The van der Waals surface area contributed by atoms with Gasteiger partial charge in [0.15, 0.2) is 11.6 Å². The van der Waals surface area contributed by atoms with Crippen molar-refractivity contribution in [1.29, 1.82) is 0 Å². The Morgan fingerprint density at radius 1 is 1.03 bits per heavy atom. The zero-order chi connectivity index (χ0) is 23.2. The largest absolute Gasteiger partial charge is 0.377 e. The third-order valence-electron chi connectivity index (χ3n) is 6.94. The Kier molecular flexibility index (Phi) is 5.26. The lowest BCUT2D eigenvalue weighted by Crippen LogP contribution is -2.44. The van der Waals surface area contributed by atoms with Gasteiger partial charge in [-0.3, -0.25) is 9.59 Å². The number of ketones is 2. The Balaban J connectivity index is 1.64. The predicted molar refractivity (Wildman–Crippen MR) is 133 cm³/mol. The number of carbonyl (C=O) groups excluding carboxylic acids is 2. The summed E-state index contributed by atoms with van der Waals surface area (Å²) >= 11 is 0. The third-order valence-corrected chi connectivity index (χ3v) is 6.94. The molecule has 33 heavy (non-hydrogen) atoms. The first-order valence-electron chi connectivity index (χ1n) is 11.4. The van der Waals surface area contributed by atoms with E-state index in [4.69, 9.17) is 4.74 Å². The number of hydrogen-bond acceptors (Lipinski definition) is 3. The van der Waals surface area contributed by atoms with E-state index in [2.05, 4.69) is 4.98 Å². The Bertz CT molecular complexity index is 1430. The van der Waals surface area contributed by atoms with E-state index < -0.39 is 5.41 Å². The van der Waals surface area contributed by atoms with E-state index in [0.29, 0.717) is 24.2 Å². The van der Waals surface area contributed by atoms with Crippen LogP contribution in [0.1, 0.15) is 52.7 Å². The van der Waals surface area contributed by atoms with Crippen molar-refractivity contribution in [2.24, 2.45) is 5.41 Å². The van der Waals surface area contributed by atoms with Crippen LogP contribution in [0.15, 0.2) is 66.7 Å². The molecule has 0 saturated carbocycles. The van der Waals surface area contributed by atoms with Gasteiger partial charge in [0.25, 0.3) is 0 Å². The van der Waals surface area contributed by atoms with Crippen molar-refractivity contribution >= 4 is 39.3 Å². The van der Waals surface area contributed by atoms with Gasteiger partial charge in [-0.05, 0) is 73.9 Å². The lowest BCUT2D eigenvalue weighted by atomic mass is 9.68. The van der Waals surface area contributed by atoms with Gasteiger partial charge in [0.05, 0.1) is 11.5 Å². The smallest absolute Gasteiger partial charge is 0.175 e. The number of Topliss-reactive ketones (excluding diaryl/α,β-unsaturated/α-hetero) is 2. The van der Waals surface area contributed by atoms with Gasteiger partial charge in [0.2, 0.25) is 0 Å². The molecule has 0 bridgehead atoms. The Labute approximate surface area is 193 Å². The number of carbonyl (C=O) groups is 2. The molecule has 1 aliphatic rings. The van der Waals surface area contributed by atoms with E-state index in [1.165, 1.54) is 0 Å². The summed E-state index contributed by atoms with van der Waals surface area (Å²) in [6.07, 6.45) is 4.20. The Morgan fingerprint density at radius 3 is 2.55 bits per heavy atom. The van der Waals surface area contributed by atoms with Crippen molar-refractivity contribution < 1.29 is 14.3 Å². The summed E-state index contributed by atoms with van der Waals surface area (Å²) in [6.45, 7) is 6.03. The number of H-pyrrole nitrogens is 1. The molecule has 1 N–H and O–H groups in total. The highest BCUT2D eigenvalue weighted by atomic mass is 16.5. The van der Waals surface area contributed by atoms with Crippen molar-refractivity contribution in [3.8, 4) is 0 Å². The van der Waals surface area contributed by atoms with E-state index in [1.54, 1.807) is 6.92 Å². The molecule has 3 aromatic carbocycles. The lowest BCUT2D eigenvalue weighted by Gasteiger charge is -2.37. The minimum Gasteiger partial charge on any atom is -0.377 e. The van der Waals surface area contributed by atoms with Gasteiger partial charge >= 0.3 is 0 Å². The summed E-state index contributed by atoms with van der Waals surface area (Å²) in [5.74, 6) is 0.0764. The van der Waals surface area contributed by atoms with Crippen LogP contribution in [-0.2, 0) is 11.2 Å². The fraction of sp³-hybridized carbons (Fsp3) is 0.241. The van der Waals surface area contributed by atoms with Gasteiger partial charge in [-0.1, -0.05) is 42.5 Å². The zero-order valence-corrected chi connectivity index (χ0v) is 19.1. The third kappa shape index (κ3) is 3.51. The minimum absolute atomic E-state index is 0.0272. The molecule has 0 fully saturated rings. The normalized spacial score (nSPS) is 18.4. The summed E-state index contributed by atoms with van der Waals surface area (Å²) in [5, 5.41) is 3.14. The van der Waals surface area contributed by atoms with Crippen molar-refractivity contribution in [3.05, 3.63) is 89.1 Å². The highest BCUT2D eigenvalue weighted by Crippen LogP contribution is 2.42. The maximum Gasteiger partial charge on any atom is 0.175 e. The molecular weight excluding hydrogens is 410 g/mol. The van der Waals surface area contributed by atoms with Crippen LogP contribution >= 0.6 is 0 Å². The molecule has 0 radical (unpaired) electrons. The van der Waals surface area contributed by atoms with Crippen LogP contribution in [0.3, 0.4) is 0 Å². The monoisotopic (exact) mass is 437 g/mol. The summed E-state index contributed by atoms with van der Waals surface area (Å²) in [6, 6.07) is 19.7. The molecule has 0 spiro atoms. The molecule has 166 valence electrons. The van der Waals surface area contributed by atoms with Crippen molar-refractivity contribution in [1.82, 2.24) is 4.98 Å². The molecule has 1 aromatic heterocycles. The van der Waals surface area contributed by atoms with Gasteiger partial charge in [-0.15, -0.1) is 0 Å². The van der Waals surface area contributed by atoms with E-state index in [1.807, 2.05) is 86.7 Å². The van der Waals surface area contributed by atoms with E-state index in [-0.39, 0.29) is 17.7 Å². The van der Waals surface area contributed by atoms with E-state index in [0.717, 1.165) is 32.9 Å². The number of hydrogen-bond donors (Lipinski definition) is 1. The van der Waals surface area contributed by atoms with Crippen LogP contribution in [0.25, 0.3) is 27.8 Å². The molecule has 2 atom stereocenters. The summed E-state index contributed by atoms with van der Waals surface area (Å²) < 4.78 is 6.04. The molecule has 4 heteroatoms. The van der Waals surface area contributed by atoms with Gasteiger partial charge in [0.1, 0.15) is 0 Å². The van der Waals surface area contributed by atoms with Crippen LogP contribution in [0.5, 0.6) is 0 Å². The van der Waals surface area contributed by atoms with Gasteiger partial charge < -0.3 is 9.72 Å². The molecular formula is C29H27NO3. The van der Waals surface area contributed by atoms with Crippen LogP contribution in [0.4, 0.5) is 0 Å². The quantitative estimate of drug-likeness (QED) is 0.356. The van der Waals surface area contributed by atoms with Crippen molar-refractivity contribution in [3.63, 3.8) is 0 Å². The van der Waals surface area contributed by atoms with Crippen molar-refractivity contribution in [2.45, 2.75) is 33.3 Å². The molecule has 1 heterocycles. The molecule has 2 unspecified atom stereocenters. The maximum atomic E-state index is 14.1. The highest BCUT2D eigenvalue weighted by Gasteiger charge is 2.45. The highest BCUT2D eigenvalue weighted by molar-refractivity contribution is 6.07. The van der Waals surface area contributed by atoms with E-state index >= 15 is 0 Å². The number of fused-ring (bicyclic) bond motifs is 4. The van der Waals surface area contributed by atoms with Crippen LogP contribution < -0.4 is 0 Å². The SMILES string of the molecule is CCOC(C)C1(C(=O)c2ccc3ccccc3c2)C=Cc2[nH]c3ccc(C(C)=O)cc3c2C1. The molecule has 0 saturated heterocycles. The van der Waals surface area contributed by atoms with Crippen LogP contribution in [-0.4, -0.2) is 29.3 Å². The fourth-order valence-electron chi connectivity index (χ4n) is 5.02. The van der Waals surface area contributed by atoms with Gasteiger partial charge in [-0.25, -0.2) is 0 Å². The fourth-order valence-corrected chi connectivity index (χ4v) is 5.02. The number of aromatic nitrogens is 1. The van der Waals surface area contributed by atoms with Gasteiger partial charge in [-0.2, -0.15) is 0 Å². The molecule has 5 rings (SSSR count). The molecule has 4 nitrogen and oxygen atoms in total. The van der Waals surface area contributed by atoms with E-state index in [9.17, 15) is 9.59 Å². The second-order valence-electron chi connectivity index (χ2n) is 8.87. The predicted octanol–water partition coefficient (Wildman–Crippen LogP) is 6.39. The summed E-state index contributed by atoms with van der Waals surface area (Å²) in [4.78, 5) is 29.6. The molecule has 1 aliphatic carbocycles. The van der Waals surface area contributed by atoms with Gasteiger partial charge in [0, 0.05) is 34.3 Å². The zero-order valence-electron chi connectivity index (χ0n) is 19.1. The van der Waals surface area contributed by atoms with Crippen LogP contribution in [0, 0.1) is 5.41 Å². The number of nitrogens with one attached hydrogen (secondary N) is 1. The summed E-state index contributed by atoms with van der Waals surface area (Å²) in [7, 11) is 0. The lowest BCUT2D eigenvalue weighted by molar-refractivity contribution is 0.00491. The molecule has 4 aromatic rings. The number of aromatic amines is 1. The second-order valence-corrected chi connectivity index (χ2v) is 8.87. The average molecular weight is 438 g/mol. The summed E-state index contributed by atoms with van der Waals surface area (Å²) in [5.41, 5.74) is 3.51. The topological polar surface area (TPSA) is 59.2 Å². The first kappa shape index (κ1) is 21.4. The van der Waals surface area contributed by atoms with Crippen LogP contribution in [0.2, 0.25) is 0 Å². The minimum atomic E-state index is -0.840. The first-order valence-corrected chi connectivity index (χ1v) is 11.4. The number of rotatable bonds is 6. The molecule has 0 aliphatic heterocycles. The maximum absolute atomic E-state index is 14.1. The average Bonchev–Trinajstić information content (AvgIpc) is 3.20. The Hall–Kier alpha value is -3.50. The van der Waals surface area contributed by atoms with Crippen molar-refractivity contribution in [2.75, 3.05) is 6.61 Å². The Morgan fingerprint density at radius 2 is 1.79 bits per heavy atom. The number of benzene rings is 3.